The number of rotatable bonds is 7. The standard InChI is InChI=1S/C12H17BrFNO3S/c1-2-3-9(8-19(15,16)17)7-18-10-4-5-11(13)12(14)6-10/h4-6,9H,2-3,7-8H2,1H3,(H2,15,16,17). The zero-order chi connectivity index (χ0) is 14.5. The molecule has 0 heterocycles. The molecule has 0 aliphatic heterocycles. The van der Waals surface area contributed by atoms with E-state index in [1.807, 2.05) is 6.92 Å². The first-order chi connectivity index (χ1) is 8.81. The molecule has 0 spiro atoms. The van der Waals surface area contributed by atoms with Crippen LogP contribution in [0.3, 0.4) is 0 Å². The van der Waals surface area contributed by atoms with Gasteiger partial charge in [-0.15, -0.1) is 0 Å². The first kappa shape index (κ1) is 16.4. The molecule has 2 N–H and O–H groups in total. The van der Waals surface area contributed by atoms with Gasteiger partial charge in [-0.05, 0) is 34.5 Å². The zero-order valence-corrected chi connectivity index (χ0v) is 13.0. The average molecular weight is 354 g/mol. The van der Waals surface area contributed by atoms with Gasteiger partial charge in [-0.25, -0.2) is 17.9 Å². The van der Waals surface area contributed by atoms with E-state index in [0.29, 0.717) is 16.6 Å². The Morgan fingerprint density at radius 2 is 2.16 bits per heavy atom. The fourth-order valence-corrected chi connectivity index (χ4v) is 2.90. The molecule has 0 aliphatic rings. The largest absolute Gasteiger partial charge is 0.493 e. The van der Waals surface area contributed by atoms with E-state index >= 15 is 0 Å². The van der Waals surface area contributed by atoms with Crippen molar-refractivity contribution in [3.63, 3.8) is 0 Å². The third-order valence-corrected chi connectivity index (χ3v) is 4.12. The van der Waals surface area contributed by atoms with E-state index in [9.17, 15) is 12.8 Å². The maximum Gasteiger partial charge on any atom is 0.209 e. The molecule has 1 atom stereocenters. The molecule has 108 valence electrons. The summed E-state index contributed by atoms with van der Waals surface area (Å²) in [5, 5.41) is 5.03. The smallest absolute Gasteiger partial charge is 0.209 e. The lowest BCUT2D eigenvalue weighted by Gasteiger charge is -2.16. The molecule has 1 aromatic carbocycles. The summed E-state index contributed by atoms with van der Waals surface area (Å²) >= 11 is 3.05. The van der Waals surface area contributed by atoms with Crippen LogP contribution in [-0.4, -0.2) is 20.8 Å². The van der Waals surface area contributed by atoms with E-state index < -0.39 is 15.8 Å². The van der Waals surface area contributed by atoms with Gasteiger partial charge in [-0.3, -0.25) is 0 Å². The molecule has 19 heavy (non-hydrogen) atoms. The summed E-state index contributed by atoms with van der Waals surface area (Å²) in [6, 6.07) is 4.41. The number of primary sulfonamides is 1. The van der Waals surface area contributed by atoms with Gasteiger partial charge in [0, 0.05) is 12.0 Å². The molecular formula is C12H17BrFNO3S. The number of benzene rings is 1. The van der Waals surface area contributed by atoms with E-state index in [0.717, 1.165) is 6.42 Å². The van der Waals surface area contributed by atoms with Crippen LogP contribution in [0.1, 0.15) is 19.8 Å². The Morgan fingerprint density at radius 3 is 2.68 bits per heavy atom. The molecule has 0 aliphatic carbocycles. The van der Waals surface area contributed by atoms with Crippen molar-refractivity contribution >= 4 is 26.0 Å². The molecule has 1 rings (SSSR count). The van der Waals surface area contributed by atoms with Crippen LogP contribution in [0.25, 0.3) is 0 Å². The second kappa shape index (κ2) is 7.21. The maximum absolute atomic E-state index is 13.3. The van der Waals surface area contributed by atoms with Crippen LogP contribution in [0.4, 0.5) is 4.39 Å². The van der Waals surface area contributed by atoms with Crippen molar-refractivity contribution in [2.45, 2.75) is 19.8 Å². The second-order valence-corrected chi connectivity index (χ2v) is 6.88. The topological polar surface area (TPSA) is 69.4 Å². The first-order valence-corrected chi connectivity index (χ1v) is 8.41. The first-order valence-electron chi connectivity index (χ1n) is 5.90. The average Bonchev–Trinajstić information content (AvgIpc) is 2.29. The molecule has 1 unspecified atom stereocenters. The van der Waals surface area contributed by atoms with Crippen molar-refractivity contribution in [2.24, 2.45) is 11.1 Å². The Morgan fingerprint density at radius 1 is 1.47 bits per heavy atom. The maximum atomic E-state index is 13.3. The normalized spacial score (nSPS) is 13.3. The van der Waals surface area contributed by atoms with Gasteiger partial charge >= 0.3 is 0 Å². The lowest BCUT2D eigenvalue weighted by atomic mass is 10.1. The molecule has 0 amide bonds. The minimum atomic E-state index is -3.53. The summed E-state index contributed by atoms with van der Waals surface area (Å²) in [5.41, 5.74) is 0. The molecule has 0 aromatic heterocycles. The number of halogens is 2. The third kappa shape index (κ3) is 6.35. The van der Waals surface area contributed by atoms with E-state index in [1.54, 1.807) is 12.1 Å². The van der Waals surface area contributed by atoms with Crippen molar-refractivity contribution in [1.82, 2.24) is 0 Å². The predicted molar refractivity (Wildman–Crippen MR) is 76.0 cm³/mol. The quantitative estimate of drug-likeness (QED) is 0.819. The summed E-state index contributed by atoms with van der Waals surface area (Å²) in [5.74, 6) is -0.362. The zero-order valence-electron chi connectivity index (χ0n) is 10.6. The van der Waals surface area contributed by atoms with Gasteiger partial charge in [-0.1, -0.05) is 13.3 Å². The van der Waals surface area contributed by atoms with E-state index in [4.69, 9.17) is 9.88 Å². The summed E-state index contributed by atoms with van der Waals surface area (Å²) < 4.78 is 41.2. The Bertz CT molecular complexity index is 522. The van der Waals surface area contributed by atoms with Crippen LogP contribution >= 0.6 is 15.9 Å². The molecule has 0 saturated heterocycles. The van der Waals surface area contributed by atoms with Gasteiger partial charge in [0.1, 0.15) is 11.6 Å². The number of hydrogen-bond acceptors (Lipinski definition) is 3. The van der Waals surface area contributed by atoms with Crippen LogP contribution in [0.15, 0.2) is 22.7 Å². The van der Waals surface area contributed by atoms with Gasteiger partial charge in [0.2, 0.25) is 10.0 Å². The molecule has 1 aromatic rings. The molecular weight excluding hydrogens is 337 g/mol. The van der Waals surface area contributed by atoms with Crippen molar-refractivity contribution < 1.29 is 17.5 Å². The van der Waals surface area contributed by atoms with Crippen molar-refractivity contribution in [2.75, 3.05) is 12.4 Å². The lowest BCUT2D eigenvalue weighted by Crippen LogP contribution is -2.27. The Labute approximate surface area is 121 Å². The lowest BCUT2D eigenvalue weighted by molar-refractivity contribution is 0.251. The summed E-state index contributed by atoms with van der Waals surface area (Å²) in [7, 11) is -3.53. The van der Waals surface area contributed by atoms with E-state index in [2.05, 4.69) is 15.9 Å². The van der Waals surface area contributed by atoms with Crippen LogP contribution in [0.5, 0.6) is 5.75 Å². The fourth-order valence-electron chi connectivity index (χ4n) is 1.73. The van der Waals surface area contributed by atoms with Crippen LogP contribution in [0.2, 0.25) is 0 Å². The molecule has 4 nitrogen and oxygen atoms in total. The Hall–Kier alpha value is -0.660. The monoisotopic (exact) mass is 353 g/mol. The minimum Gasteiger partial charge on any atom is -0.493 e. The minimum absolute atomic E-state index is 0.125. The second-order valence-electron chi connectivity index (χ2n) is 4.37. The molecule has 0 radical (unpaired) electrons. The highest BCUT2D eigenvalue weighted by atomic mass is 79.9. The van der Waals surface area contributed by atoms with Crippen LogP contribution in [0, 0.1) is 11.7 Å². The highest BCUT2D eigenvalue weighted by molar-refractivity contribution is 9.10. The number of ether oxygens (including phenoxy) is 1. The highest BCUT2D eigenvalue weighted by Crippen LogP contribution is 2.22. The van der Waals surface area contributed by atoms with Crippen molar-refractivity contribution in [3.05, 3.63) is 28.5 Å². The number of sulfonamides is 1. The van der Waals surface area contributed by atoms with E-state index in [1.165, 1.54) is 6.07 Å². The summed E-state index contributed by atoms with van der Waals surface area (Å²) in [6.07, 6.45) is 1.52. The van der Waals surface area contributed by atoms with Crippen molar-refractivity contribution in [3.8, 4) is 5.75 Å². The highest BCUT2D eigenvalue weighted by Gasteiger charge is 2.16. The van der Waals surface area contributed by atoms with Gasteiger partial charge < -0.3 is 4.74 Å². The summed E-state index contributed by atoms with van der Waals surface area (Å²) in [4.78, 5) is 0. The Kier molecular flexibility index (Phi) is 6.22. The van der Waals surface area contributed by atoms with Gasteiger partial charge in [0.25, 0.3) is 0 Å². The van der Waals surface area contributed by atoms with Gasteiger partial charge in [-0.2, -0.15) is 0 Å². The van der Waals surface area contributed by atoms with Crippen molar-refractivity contribution in [1.29, 1.82) is 0 Å². The van der Waals surface area contributed by atoms with Gasteiger partial charge in [0.05, 0.1) is 16.8 Å². The molecule has 0 fully saturated rings. The summed E-state index contributed by atoms with van der Waals surface area (Å²) in [6.45, 7) is 2.15. The number of nitrogens with two attached hydrogens (primary N) is 1. The SMILES string of the molecule is CCCC(COc1ccc(Br)c(F)c1)CS(N)(=O)=O. The molecule has 7 heteroatoms. The molecule has 0 bridgehead atoms. The number of hydrogen-bond donors (Lipinski definition) is 1. The predicted octanol–water partition coefficient (Wildman–Crippen LogP) is 2.67. The third-order valence-electron chi connectivity index (χ3n) is 2.54. The van der Waals surface area contributed by atoms with Crippen LogP contribution < -0.4 is 9.88 Å². The fraction of sp³-hybridized carbons (Fsp3) is 0.500. The van der Waals surface area contributed by atoms with Crippen LogP contribution in [-0.2, 0) is 10.0 Å². The molecule has 0 saturated carbocycles. The van der Waals surface area contributed by atoms with Gasteiger partial charge in [0.15, 0.2) is 0 Å². The van der Waals surface area contributed by atoms with E-state index in [-0.39, 0.29) is 18.3 Å². The Balaban J connectivity index is 2.62.